The number of carbonyl (C=O) groups is 2. The first-order chi connectivity index (χ1) is 12.5. The summed E-state index contributed by atoms with van der Waals surface area (Å²) in [4.78, 5) is 23.9. The zero-order valence-corrected chi connectivity index (χ0v) is 15.1. The van der Waals surface area contributed by atoms with Gasteiger partial charge in [0.25, 0.3) is 0 Å². The van der Waals surface area contributed by atoms with E-state index in [-0.39, 0.29) is 18.4 Å². The predicted octanol–water partition coefficient (Wildman–Crippen LogP) is 3.25. The molecule has 0 saturated carbocycles. The molecule has 0 aliphatic carbocycles. The molecule has 0 heterocycles. The Morgan fingerprint density at radius 2 is 1.73 bits per heavy atom. The van der Waals surface area contributed by atoms with Gasteiger partial charge in [-0.15, -0.1) is 0 Å². The Bertz CT molecular complexity index is 713. The number of amides is 1. The molecule has 138 valence electrons. The number of rotatable bonds is 9. The molecule has 0 aliphatic heterocycles. The maximum Gasteiger partial charge on any atom is 0.308 e. The van der Waals surface area contributed by atoms with Crippen LogP contribution in [0.2, 0.25) is 0 Å². The number of carboxylic acid groups (broad SMARTS) is 1. The lowest BCUT2D eigenvalue weighted by molar-refractivity contribution is -0.141. The maximum atomic E-state index is 12.3. The van der Waals surface area contributed by atoms with Crippen LogP contribution in [-0.2, 0) is 16.0 Å². The highest BCUT2D eigenvalue weighted by molar-refractivity contribution is 5.83. The van der Waals surface area contributed by atoms with Gasteiger partial charge in [0.15, 0.2) is 0 Å². The normalized spacial score (nSPS) is 12.8. The summed E-state index contributed by atoms with van der Waals surface area (Å²) in [7, 11) is 0. The Hall–Kier alpha value is -2.82. The fraction of sp³-hybridized carbons (Fsp3) is 0.333. The number of aliphatic carboxylic acids is 1. The zero-order valence-electron chi connectivity index (χ0n) is 15.1. The molecule has 0 saturated heterocycles. The third kappa shape index (κ3) is 5.62. The highest BCUT2D eigenvalue weighted by Gasteiger charge is 2.21. The summed E-state index contributed by atoms with van der Waals surface area (Å²) >= 11 is 0. The molecule has 1 amide bonds. The van der Waals surface area contributed by atoms with Crippen molar-refractivity contribution in [1.82, 2.24) is 5.32 Å². The minimum Gasteiger partial charge on any atom is -0.494 e. The van der Waals surface area contributed by atoms with Crippen LogP contribution >= 0.6 is 0 Å². The van der Waals surface area contributed by atoms with E-state index < -0.39 is 11.9 Å². The second kappa shape index (κ2) is 9.61. The SMILES string of the molecule is CCOc1ccc(CC(CNC(=O)C(C)c2ccccc2)C(=O)O)cc1. The first-order valence-corrected chi connectivity index (χ1v) is 8.78. The van der Waals surface area contributed by atoms with Gasteiger partial charge in [-0.25, -0.2) is 0 Å². The predicted molar refractivity (Wildman–Crippen MR) is 100 cm³/mol. The summed E-state index contributed by atoms with van der Waals surface area (Å²) in [6, 6.07) is 16.8. The first kappa shape index (κ1) is 19.5. The number of nitrogens with one attached hydrogen (secondary N) is 1. The van der Waals surface area contributed by atoms with E-state index in [1.165, 1.54) is 0 Å². The van der Waals surface area contributed by atoms with E-state index in [0.29, 0.717) is 13.0 Å². The number of hydrogen-bond donors (Lipinski definition) is 2. The molecule has 0 aromatic heterocycles. The van der Waals surface area contributed by atoms with Crippen LogP contribution in [-0.4, -0.2) is 30.1 Å². The van der Waals surface area contributed by atoms with Crippen molar-refractivity contribution >= 4 is 11.9 Å². The minimum atomic E-state index is -0.924. The fourth-order valence-corrected chi connectivity index (χ4v) is 2.69. The summed E-state index contributed by atoms with van der Waals surface area (Å²) in [6.07, 6.45) is 0.349. The average Bonchev–Trinajstić information content (AvgIpc) is 2.66. The lowest BCUT2D eigenvalue weighted by Gasteiger charge is -2.17. The van der Waals surface area contributed by atoms with Crippen molar-refractivity contribution in [3.63, 3.8) is 0 Å². The second-order valence-electron chi connectivity index (χ2n) is 6.19. The summed E-state index contributed by atoms with van der Waals surface area (Å²) in [5.41, 5.74) is 1.80. The molecular weight excluding hydrogens is 330 g/mol. The molecule has 2 aromatic rings. The van der Waals surface area contributed by atoms with E-state index in [2.05, 4.69) is 5.32 Å². The molecule has 0 spiro atoms. The molecule has 5 heteroatoms. The van der Waals surface area contributed by atoms with Gasteiger partial charge in [0.05, 0.1) is 18.4 Å². The zero-order chi connectivity index (χ0) is 18.9. The minimum absolute atomic E-state index is 0.0958. The van der Waals surface area contributed by atoms with Crippen molar-refractivity contribution in [2.45, 2.75) is 26.2 Å². The molecule has 0 radical (unpaired) electrons. The van der Waals surface area contributed by atoms with Crippen LogP contribution in [0.5, 0.6) is 5.75 Å². The van der Waals surface area contributed by atoms with Gasteiger partial charge in [-0.1, -0.05) is 42.5 Å². The van der Waals surface area contributed by atoms with Crippen molar-refractivity contribution in [3.8, 4) is 5.75 Å². The molecule has 5 nitrogen and oxygen atoms in total. The molecule has 2 rings (SSSR count). The van der Waals surface area contributed by atoms with E-state index in [4.69, 9.17) is 4.74 Å². The van der Waals surface area contributed by atoms with Crippen molar-refractivity contribution < 1.29 is 19.4 Å². The topological polar surface area (TPSA) is 75.6 Å². The van der Waals surface area contributed by atoms with E-state index in [1.54, 1.807) is 0 Å². The Labute approximate surface area is 154 Å². The van der Waals surface area contributed by atoms with Crippen molar-refractivity contribution in [2.75, 3.05) is 13.2 Å². The molecule has 0 aliphatic rings. The van der Waals surface area contributed by atoms with Gasteiger partial charge in [0, 0.05) is 6.54 Å². The van der Waals surface area contributed by atoms with Crippen LogP contribution in [0.4, 0.5) is 0 Å². The molecular formula is C21H25NO4. The van der Waals surface area contributed by atoms with Gasteiger partial charge in [0.1, 0.15) is 5.75 Å². The summed E-state index contributed by atoms with van der Waals surface area (Å²) in [6.45, 7) is 4.40. The molecule has 2 atom stereocenters. The van der Waals surface area contributed by atoms with Crippen LogP contribution in [0, 0.1) is 5.92 Å². The van der Waals surface area contributed by atoms with Crippen LogP contribution in [0.25, 0.3) is 0 Å². The Kier molecular flexibility index (Phi) is 7.21. The third-order valence-electron chi connectivity index (χ3n) is 4.28. The third-order valence-corrected chi connectivity index (χ3v) is 4.28. The highest BCUT2D eigenvalue weighted by atomic mass is 16.5. The van der Waals surface area contributed by atoms with Gasteiger partial charge in [-0.3, -0.25) is 9.59 Å². The standard InChI is InChI=1S/C21H25NO4/c1-3-26-19-11-9-16(10-12-19)13-18(21(24)25)14-22-20(23)15(2)17-7-5-4-6-8-17/h4-12,15,18H,3,13-14H2,1-2H3,(H,22,23)(H,24,25). The Morgan fingerprint density at radius 1 is 1.08 bits per heavy atom. The number of carbonyl (C=O) groups excluding carboxylic acids is 1. The molecule has 2 N–H and O–H groups in total. The van der Waals surface area contributed by atoms with Crippen LogP contribution in [0.3, 0.4) is 0 Å². The van der Waals surface area contributed by atoms with Crippen molar-refractivity contribution in [3.05, 3.63) is 65.7 Å². The average molecular weight is 355 g/mol. The first-order valence-electron chi connectivity index (χ1n) is 8.78. The highest BCUT2D eigenvalue weighted by Crippen LogP contribution is 2.17. The van der Waals surface area contributed by atoms with Crippen LogP contribution in [0.15, 0.2) is 54.6 Å². The van der Waals surface area contributed by atoms with Gasteiger partial charge in [-0.2, -0.15) is 0 Å². The largest absolute Gasteiger partial charge is 0.494 e. The van der Waals surface area contributed by atoms with Crippen molar-refractivity contribution in [1.29, 1.82) is 0 Å². The van der Waals surface area contributed by atoms with E-state index >= 15 is 0 Å². The molecule has 2 aromatic carbocycles. The Balaban J connectivity index is 1.93. The smallest absolute Gasteiger partial charge is 0.308 e. The van der Waals surface area contributed by atoms with Gasteiger partial charge >= 0.3 is 5.97 Å². The van der Waals surface area contributed by atoms with Gasteiger partial charge in [-0.05, 0) is 43.5 Å². The monoisotopic (exact) mass is 355 g/mol. The number of carboxylic acids is 1. The molecule has 0 bridgehead atoms. The molecule has 2 unspecified atom stereocenters. The van der Waals surface area contributed by atoms with Crippen LogP contribution < -0.4 is 10.1 Å². The van der Waals surface area contributed by atoms with Crippen LogP contribution in [0.1, 0.15) is 30.9 Å². The second-order valence-corrected chi connectivity index (χ2v) is 6.19. The van der Waals surface area contributed by atoms with E-state index in [9.17, 15) is 14.7 Å². The summed E-state index contributed by atoms with van der Waals surface area (Å²) in [5, 5.41) is 12.2. The van der Waals surface area contributed by atoms with Crippen molar-refractivity contribution in [2.24, 2.45) is 5.92 Å². The van der Waals surface area contributed by atoms with Gasteiger partial charge in [0.2, 0.25) is 5.91 Å². The lowest BCUT2D eigenvalue weighted by Crippen LogP contribution is -2.36. The number of hydrogen-bond acceptors (Lipinski definition) is 3. The lowest BCUT2D eigenvalue weighted by atomic mass is 9.97. The molecule has 26 heavy (non-hydrogen) atoms. The fourth-order valence-electron chi connectivity index (χ4n) is 2.69. The maximum absolute atomic E-state index is 12.3. The van der Waals surface area contributed by atoms with E-state index in [0.717, 1.165) is 16.9 Å². The Morgan fingerprint density at radius 3 is 2.31 bits per heavy atom. The van der Waals surface area contributed by atoms with Gasteiger partial charge < -0.3 is 15.2 Å². The number of benzene rings is 2. The molecule has 0 fully saturated rings. The number of ether oxygens (including phenoxy) is 1. The van der Waals surface area contributed by atoms with E-state index in [1.807, 2.05) is 68.4 Å². The quantitative estimate of drug-likeness (QED) is 0.724. The summed E-state index contributed by atoms with van der Waals surface area (Å²) < 4.78 is 5.39. The summed E-state index contributed by atoms with van der Waals surface area (Å²) in [5.74, 6) is -1.34.